The molecule has 0 atom stereocenters. The van der Waals surface area contributed by atoms with Crippen LogP contribution in [0.15, 0.2) is 36.5 Å². The second-order valence-corrected chi connectivity index (χ2v) is 4.76. The van der Waals surface area contributed by atoms with Gasteiger partial charge in [0.05, 0.1) is 18.5 Å². The zero-order valence-electron chi connectivity index (χ0n) is 12.5. The molecule has 0 aliphatic carbocycles. The second kappa shape index (κ2) is 6.26. The van der Waals surface area contributed by atoms with Crippen LogP contribution in [0.4, 0.5) is 17.2 Å². The molecule has 5 nitrogen and oxygen atoms in total. The van der Waals surface area contributed by atoms with Gasteiger partial charge in [0.2, 0.25) is 0 Å². The van der Waals surface area contributed by atoms with Gasteiger partial charge in [-0.1, -0.05) is 12.1 Å². The maximum atomic E-state index is 12.1. The molecular weight excluding hydrogens is 266 g/mol. The fourth-order valence-electron chi connectivity index (χ4n) is 2.06. The van der Waals surface area contributed by atoms with Gasteiger partial charge in [-0.05, 0) is 37.6 Å². The van der Waals surface area contributed by atoms with Crippen LogP contribution < -0.4 is 10.6 Å². The predicted octanol–water partition coefficient (Wildman–Crippen LogP) is 2.92. The number of ether oxygens (including phenoxy) is 1. The monoisotopic (exact) mass is 285 g/mol. The highest BCUT2D eigenvalue weighted by Gasteiger charge is 2.18. The minimum Gasteiger partial charge on any atom is -0.462 e. The van der Waals surface area contributed by atoms with E-state index in [2.05, 4.69) is 4.98 Å². The fraction of sp³-hybridized carbons (Fsp3) is 0.250. The predicted molar refractivity (Wildman–Crippen MR) is 83.8 cm³/mol. The van der Waals surface area contributed by atoms with E-state index in [-0.39, 0.29) is 0 Å². The van der Waals surface area contributed by atoms with Gasteiger partial charge in [0.25, 0.3) is 0 Å². The molecule has 110 valence electrons. The smallest absolute Gasteiger partial charge is 0.341 e. The first kappa shape index (κ1) is 14.8. The fourth-order valence-corrected chi connectivity index (χ4v) is 2.06. The SMILES string of the molecule is CCOC(=O)c1cc(N)cnc1N(C)c1cccc(C)c1. The Morgan fingerprint density at radius 3 is 2.81 bits per heavy atom. The molecule has 0 bridgehead atoms. The molecule has 1 heterocycles. The number of nitrogens with two attached hydrogens (primary N) is 1. The summed E-state index contributed by atoms with van der Waals surface area (Å²) in [6, 6.07) is 9.54. The molecule has 0 radical (unpaired) electrons. The summed E-state index contributed by atoms with van der Waals surface area (Å²) in [5.74, 6) is 0.0973. The molecule has 2 rings (SSSR count). The third-order valence-electron chi connectivity index (χ3n) is 3.09. The summed E-state index contributed by atoms with van der Waals surface area (Å²) in [6.07, 6.45) is 1.53. The zero-order chi connectivity index (χ0) is 15.4. The Hall–Kier alpha value is -2.56. The van der Waals surface area contributed by atoms with E-state index in [9.17, 15) is 4.79 Å². The van der Waals surface area contributed by atoms with Crippen molar-refractivity contribution < 1.29 is 9.53 Å². The van der Waals surface area contributed by atoms with Crippen molar-refractivity contribution in [1.29, 1.82) is 0 Å². The summed E-state index contributed by atoms with van der Waals surface area (Å²) in [5, 5.41) is 0. The van der Waals surface area contributed by atoms with Crippen LogP contribution in [-0.2, 0) is 4.74 Å². The van der Waals surface area contributed by atoms with Crippen LogP contribution in [0.2, 0.25) is 0 Å². The number of pyridine rings is 1. The first-order chi connectivity index (χ1) is 10.0. The van der Waals surface area contributed by atoms with E-state index in [0.717, 1.165) is 11.3 Å². The molecule has 0 spiro atoms. The van der Waals surface area contributed by atoms with Crippen LogP contribution in [0.1, 0.15) is 22.8 Å². The standard InChI is InChI=1S/C16H19N3O2/c1-4-21-16(20)14-9-12(17)10-18-15(14)19(3)13-7-5-6-11(2)8-13/h5-10H,4,17H2,1-3H3. The van der Waals surface area contributed by atoms with Gasteiger partial charge in [0.1, 0.15) is 11.4 Å². The molecule has 0 aliphatic heterocycles. The van der Waals surface area contributed by atoms with E-state index in [1.54, 1.807) is 13.0 Å². The summed E-state index contributed by atoms with van der Waals surface area (Å²) in [4.78, 5) is 18.2. The van der Waals surface area contributed by atoms with Crippen LogP contribution >= 0.6 is 0 Å². The van der Waals surface area contributed by atoms with E-state index >= 15 is 0 Å². The Morgan fingerprint density at radius 1 is 1.38 bits per heavy atom. The van der Waals surface area contributed by atoms with Gasteiger partial charge in [-0.15, -0.1) is 0 Å². The number of hydrogen-bond acceptors (Lipinski definition) is 5. The molecule has 2 N–H and O–H groups in total. The van der Waals surface area contributed by atoms with Gasteiger partial charge < -0.3 is 15.4 Å². The van der Waals surface area contributed by atoms with Crippen molar-refractivity contribution in [1.82, 2.24) is 4.98 Å². The highest BCUT2D eigenvalue weighted by Crippen LogP contribution is 2.27. The van der Waals surface area contributed by atoms with E-state index in [4.69, 9.17) is 10.5 Å². The van der Waals surface area contributed by atoms with Crippen molar-refractivity contribution in [3.8, 4) is 0 Å². The van der Waals surface area contributed by atoms with Crippen molar-refractivity contribution >= 4 is 23.2 Å². The molecule has 0 fully saturated rings. The number of benzene rings is 1. The Kier molecular flexibility index (Phi) is 4.42. The average Bonchev–Trinajstić information content (AvgIpc) is 2.46. The van der Waals surface area contributed by atoms with Gasteiger partial charge >= 0.3 is 5.97 Å². The van der Waals surface area contributed by atoms with Crippen molar-refractivity contribution in [2.75, 3.05) is 24.3 Å². The number of aryl methyl sites for hydroxylation is 1. The molecule has 0 saturated carbocycles. The van der Waals surface area contributed by atoms with E-state index in [1.165, 1.54) is 6.20 Å². The van der Waals surface area contributed by atoms with Gasteiger partial charge in [-0.3, -0.25) is 0 Å². The highest BCUT2D eigenvalue weighted by molar-refractivity contribution is 5.96. The highest BCUT2D eigenvalue weighted by atomic mass is 16.5. The number of esters is 1. The van der Waals surface area contributed by atoms with Gasteiger partial charge in [-0.25, -0.2) is 9.78 Å². The molecule has 0 aliphatic rings. The summed E-state index contributed by atoms with van der Waals surface area (Å²) in [7, 11) is 1.86. The van der Waals surface area contributed by atoms with E-state index in [1.807, 2.05) is 43.1 Å². The van der Waals surface area contributed by atoms with E-state index < -0.39 is 5.97 Å². The normalized spacial score (nSPS) is 10.2. The van der Waals surface area contributed by atoms with Crippen molar-refractivity contribution in [3.05, 3.63) is 47.7 Å². The van der Waals surface area contributed by atoms with Crippen molar-refractivity contribution in [3.63, 3.8) is 0 Å². The molecule has 0 unspecified atom stereocenters. The minimum absolute atomic E-state index is 0.307. The van der Waals surface area contributed by atoms with Gasteiger partial charge in [0.15, 0.2) is 0 Å². The zero-order valence-corrected chi connectivity index (χ0v) is 12.5. The summed E-state index contributed by atoms with van der Waals surface area (Å²) >= 11 is 0. The lowest BCUT2D eigenvalue weighted by molar-refractivity contribution is 0.0527. The molecule has 1 aromatic heterocycles. The first-order valence-electron chi connectivity index (χ1n) is 6.76. The summed E-state index contributed by atoms with van der Waals surface area (Å²) in [5.41, 5.74) is 8.60. The Balaban J connectivity index is 2.45. The van der Waals surface area contributed by atoms with Crippen molar-refractivity contribution in [2.24, 2.45) is 0 Å². The Labute approximate surface area is 124 Å². The maximum absolute atomic E-state index is 12.1. The quantitative estimate of drug-likeness (QED) is 0.875. The molecule has 5 heteroatoms. The topological polar surface area (TPSA) is 68.5 Å². The van der Waals surface area contributed by atoms with Crippen LogP contribution in [0.5, 0.6) is 0 Å². The molecule has 1 aromatic carbocycles. The number of anilines is 3. The maximum Gasteiger partial charge on any atom is 0.341 e. The lowest BCUT2D eigenvalue weighted by Gasteiger charge is -2.21. The van der Waals surface area contributed by atoms with Crippen LogP contribution in [0.25, 0.3) is 0 Å². The van der Waals surface area contributed by atoms with E-state index in [0.29, 0.717) is 23.7 Å². The number of nitrogens with zero attached hydrogens (tertiary/aromatic N) is 2. The number of carbonyl (C=O) groups is 1. The molecule has 2 aromatic rings. The third-order valence-corrected chi connectivity index (χ3v) is 3.09. The molecule has 0 amide bonds. The Bertz CT molecular complexity index is 656. The van der Waals surface area contributed by atoms with Gasteiger partial charge in [-0.2, -0.15) is 0 Å². The lowest BCUT2D eigenvalue weighted by Crippen LogP contribution is -2.17. The number of nitrogen functional groups attached to an aromatic ring is 1. The largest absolute Gasteiger partial charge is 0.462 e. The summed E-state index contributed by atoms with van der Waals surface area (Å²) < 4.78 is 5.07. The molecule has 0 saturated heterocycles. The van der Waals surface area contributed by atoms with Crippen LogP contribution in [0, 0.1) is 6.92 Å². The first-order valence-corrected chi connectivity index (χ1v) is 6.76. The number of rotatable bonds is 4. The molecule has 21 heavy (non-hydrogen) atoms. The van der Waals surface area contributed by atoms with Gasteiger partial charge in [0, 0.05) is 12.7 Å². The minimum atomic E-state index is -0.424. The number of carbonyl (C=O) groups excluding carboxylic acids is 1. The number of aromatic nitrogens is 1. The number of hydrogen-bond donors (Lipinski definition) is 1. The van der Waals surface area contributed by atoms with Crippen molar-refractivity contribution in [2.45, 2.75) is 13.8 Å². The average molecular weight is 285 g/mol. The second-order valence-electron chi connectivity index (χ2n) is 4.76. The van der Waals surface area contributed by atoms with Crippen LogP contribution in [-0.4, -0.2) is 24.6 Å². The third kappa shape index (κ3) is 3.31. The lowest BCUT2D eigenvalue weighted by atomic mass is 10.2. The molecular formula is C16H19N3O2. The Morgan fingerprint density at radius 2 is 2.14 bits per heavy atom. The summed E-state index contributed by atoms with van der Waals surface area (Å²) in [6.45, 7) is 4.09. The van der Waals surface area contributed by atoms with Crippen LogP contribution in [0.3, 0.4) is 0 Å².